The second kappa shape index (κ2) is 5.27. The normalized spacial score (nSPS) is 19.7. The van der Waals surface area contributed by atoms with Gasteiger partial charge in [-0.15, -0.1) is 0 Å². The van der Waals surface area contributed by atoms with Crippen LogP contribution in [0.3, 0.4) is 0 Å². The first-order chi connectivity index (χ1) is 8.63. The van der Waals surface area contributed by atoms with Gasteiger partial charge < -0.3 is 20.7 Å². The van der Waals surface area contributed by atoms with Gasteiger partial charge in [-0.25, -0.2) is 0 Å². The third kappa shape index (κ3) is 2.41. The van der Waals surface area contributed by atoms with Crippen molar-refractivity contribution in [2.24, 2.45) is 0 Å². The van der Waals surface area contributed by atoms with Gasteiger partial charge in [0.05, 0.1) is 18.8 Å². The Kier molecular flexibility index (Phi) is 3.72. The van der Waals surface area contributed by atoms with E-state index in [0.717, 1.165) is 25.2 Å². The molecule has 98 valence electrons. The van der Waals surface area contributed by atoms with Gasteiger partial charge in [-0.2, -0.15) is 0 Å². The van der Waals surface area contributed by atoms with Gasteiger partial charge in [0, 0.05) is 26.6 Å². The number of nitrogens with zero attached hydrogens (tertiary/aromatic N) is 1. The minimum atomic E-state index is 0.0470. The number of ether oxygens (including phenoxy) is 1. The highest BCUT2D eigenvalue weighted by molar-refractivity contribution is 5.74. The SMILES string of the molecule is COc1cc(C2CNCCN2C(C)=O)ccc1N. The fraction of sp³-hybridized carbons (Fsp3) is 0.462. The van der Waals surface area contributed by atoms with Crippen molar-refractivity contribution in [2.75, 3.05) is 32.5 Å². The fourth-order valence-electron chi connectivity index (χ4n) is 2.31. The van der Waals surface area contributed by atoms with Crippen LogP contribution in [-0.2, 0) is 4.79 Å². The molecule has 0 radical (unpaired) electrons. The molecule has 1 unspecified atom stereocenters. The van der Waals surface area contributed by atoms with Crippen LogP contribution in [-0.4, -0.2) is 37.6 Å². The first-order valence-corrected chi connectivity index (χ1v) is 6.05. The molecule has 2 rings (SSSR count). The second-order valence-electron chi connectivity index (χ2n) is 4.43. The maximum atomic E-state index is 11.6. The monoisotopic (exact) mass is 249 g/mol. The second-order valence-corrected chi connectivity index (χ2v) is 4.43. The lowest BCUT2D eigenvalue weighted by Crippen LogP contribution is -2.47. The molecule has 1 aromatic rings. The van der Waals surface area contributed by atoms with Crippen molar-refractivity contribution in [3.05, 3.63) is 23.8 Å². The smallest absolute Gasteiger partial charge is 0.220 e. The molecule has 1 saturated heterocycles. The summed E-state index contributed by atoms with van der Waals surface area (Å²) in [5.74, 6) is 0.749. The Morgan fingerprint density at radius 1 is 1.56 bits per heavy atom. The molecule has 0 bridgehead atoms. The molecule has 1 atom stereocenters. The molecule has 1 aliphatic heterocycles. The minimum absolute atomic E-state index is 0.0470. The lowest BCUT2D eigenvalue weighted by atomic mass is 10.0. The molecule has 1 amide bonds. The zero-order chi connectivity index (χ0) is 13.1. The third-order valence-electron chi connectivity index (χ3n) is 3.29. The predicted octanol–water partition coefficient (Wildman–Crippen LogP) is 0.770. The largest absolute Gasteiger partial charge is 0.495 e. The highest BCUT2D eigenvalue weighted by atomic mass is 16.5. The lowest BCUT2D eigenvalue weighted by molar-refractivity contribution is -0.132. The first-order valence-electron chi connectivity index (χ1n) is 6.05. The van der Waals surface area contributed by atoms with Crippen LogP contribution in [0.15, 0.2) is 18.2 Å². The van der Waals surface area contributed by atoms with E-state index in [0.29, 0.717) is 11.4 Å². The van der Waals surface area contributed by atoms with Gasteiger partial charge in [-0.1, -0.05) is 6.07 Å². The molecule has 0 aliphatic carbocycles. The molecule has 1 aliphatic rings. The average Bonchev–Trinajstić information content (AvgIpc) is 2.39. The van der Waals surface area contributed by atoms with Crippen molar-refractivity contribution in [3.63, 3.8) is 0 Å². The van der Waals surface area contributed by atoms with Crippen molar-refractivity contribution in [2.45, 2.75) is 13.0 Å². The Hall–Kier alpha value is -1.75. The number of nitrogens with two attached hydrogens (primary N) is 1. The lowest BCUT2D eigenvalue weighted by Gasteiger charge is -2.36. The van der Waals surface area contributed by atoms with Crippen LogP contribution in [0.2, 0.25) is 0 Å². The van der Waals surface area contributed by atoms with Crippen molar-refractivity contribution in [1.82, 2.24) is 10.2 Å². The van der Waals surface area contributed by atoms with E-state index in [1.807, 2.05) is 23.1 Å². The Morgan fingerprint density at radius 2 is 2.33 bits per heavy atom. The summed E-state index contributed by atoms with van der Waals surface area (Å²) in [6.07, 6.45) is 0. The molecule has 1 aromatic carbocycles. The minimum Gasteiger partial charge on any atom is -0.495 e. The van der Waals surface area contributed by atoms with Gasteiger partial charge in [0.25, 0.3) is 0 Å². The quantitative estimate of drug-likeness (QED) is 0.760. The molecule has 0 aromatic heterocycles. The van der Waals surface area contributed by atoms with Crippen LogP contribution in [0, 0.1) is 0 Å². The summed E-state index contributed by atoms with van der Waals surface area (Å²) >= 11 is 0. The summed E-state index contributed by atoms with van der Waals surface area (Å²) in [7, 11) is 1.59. The van der Waals surface area contributed by atoms with E-state index in [1.54, 1.807) is 14.0 Å². The number of anilines is 1. The number of carbonyl (C=O) groups is 1. The van der Waals surface area contributed by atoms with Gasteiger partial charge in [0.2, 0.25) is 5.91 Å². The summed E-state index contributed by atoms with van der Waals surface area (Å²) in [6.45, 7) is 3.92. The van der Waals surface area contributed by atoms with Gasteiger partial charge in [0.1, 0.15) is 5.75 Å². The van der Waals surface area contributed by atoms with Crippen molar-refractivity contribution >= 4 is 11.6 Å². The summed E-state index contributed by atoms with van der Waals surface area (Å²) in [5.41, 5.74) is 7.46. The molecule has 1 fully saturated rings. The van der Waals surface area contributed by atoms with Gasteiger partial charge in [-0.05, 0) is 17.7 Å². The first kappa shape index (κ1) is 12.7. The molecular formula is C13H19N3O2. The number of nitrogen functional groups attached to an aromatic ring is 1. The third-order valence-corrected chi connectivity index (χ3v) is 3.29. The van der Waals surface area contributed by atoms with Crippen LogP contribution >= 0.6 is 0 Å². The molecule has 1 heterocycles. The molecule has 5 heteroatoms. The molecule has 0 saturated carbocycles. The number of rotatable bonds is 2. The molecule has 3 N–H and O–H groups in total. The van der Waals surface area contributed by atoms with E-state index in [9.17, 15) is 4.79 Å². The van der Waals surface area contributed by atoms with Crippen molar-refractivity contribution in [1.29, 1.82) is 0 Å². The van der Waals surface area contributed by atoms with Crippen LogP contribution in [0.25, 0.3) is 0 Å². The van der Waals surface area contributed by atoms with Gasteiger partial charge in [-0.3, -0.25) is 4.79 Å². The van der Waals surface area contributed by atoms with Crippen LogP contribution in [0.5, 0.6) is 5.75 Å². The number of piperazine rings is 1. The number of carbonyl (C=O) groups excluding carboxylic acids is 1. The van der Waals surface area contributed by atoms with Crippen LogP contribution < -0.4 is 15.8 Å². The van der Waals surface area contributed by atoms with Crippen molar-refractivity contribution < 1.29 is 9.53 Å². The van der Waals surface area contributed by atoms with E-state index in [1.165, 1.54) is 0 Å². The van der Waals surface area contributed by atoms with Crippen molar-refractivity contribution in [3.8, 4) is 5.75 Å². The van der Waals surface area contributed by atoms with Crippen LogP contribution in [0.4, 0.5) is 5.69 Å². The number of methoxy groups -OCH3 is 1. The maximum Gasteiger partial charge on any atom is 0.220 e. The zero-order valence-electron chi connectivity index (χ0n) is 10.8. The summed E-state index contributed by atoms with van der Waals surface area (Å²) in [4.78, 5) is 13.5. The van der Waals surface area contributed by atoms with E-state index in [2.05, 4.69) is 5.32 Å². The topological polar surface area (TPSA) is 67.6 Å². The number of nitrogens with one attached hydrogen (secondary N) is 1. The highest BCUT2D eigenvalue weighted by Gasteiger charge is 2.26. The fourth-order valence-corrected chi connectivity index (χ4v) is 2.31. The number of hydrogen-bond donors (Lipinski definition) is 2. The number of hydrogen-bond acceptors (Lipinski definition) is 4. The molecule has 5 nitrogen and oxygen atoms in total. The number of amides is 1. The van der Waals surface area contributed by atoms with E-state index in [4.69, 9.17) is 10.5 Å². The van der Waals surface area contributed by atoms with Gasteiger partial charge >= 0.3 is 0 Å². The summed E-state index contributed by atoms with van der Waals surface area (Å²) in [6, 6.07) is 5.72. The van der Waals surface area contributed by atoms with E-state index >= 15 is 0 Å². The zero-order valence-corrected chi connectivity index (χ0v) is 10.8. The van der Waals surface area contributed by atoms with E-state index < -0.39 is 0 Å². The Balaban J connectivity index is 2.30. The summed E-state index contributed by atoms with van der Waals surface area (Å²) < 4.78 is 5.22. The Morgan fingerprint density at radius 3 is 3.00 bits per heavy atom. The number of benzene rings is 1. The van der Waals surface area contributed by atoms with Gasteiger partial charge in [0.15, 0.2) is 0 Å². The molecular weight excluding hydrogens is 230 g/mol. The van der Waals surface area contributed by atoms with Crippen LogP contribution in [0.1, 0.15) is 18.5 Å². The maximum absolute atomic E-state index is 11.6. The standard InChI is InChI=1S/C13H19N3O2/c1-9(17)16-6-5-15-8-12(16)10-3-4-11(14)13(7-10)18-2/h3-4,7,12,15H,5-6,8,14H2,1-2H3. The summed E-state index contributed by atoms with van der Waals surface area (Å²) in [5, 5.41) is 3.30. The Bertz CT molecular complexity index is 448. The average molecular weight is 249 g/mol. The Labute approximate surface area is 107 Å². The van der Waals surface area contributed by atoms with E-state index in [-0.39, 0.29) is 11.9 Å². The molecule has 18 heavy (non-hydrogen) atoms. The molecule has 0 spiro atoms. The highest BCUT2D eigenvalue weighted by Crippen LogP contribution is 2.29. The predicted molar refractivity (Wildman–Crippen MR) is 70.4 cm³/mol.